The Hall–Kier alpha value is -1.68. The van der Waals surface area contributed by atoms with Gasteiger partial charge in [0.05, 0.1) is 5.56 Å². The molecule has 0 saturated heterocycles. The molecule has 2 heterocycles. The van der Waals surface area contributed by atoms with Crippen LogP contribution in [-0.4, -0.2) is 17.4 Å². The van der Waals surface area contributed by atoms with Gasteiger partial charge in [0.25, 0.3) is 5.91 Å². The first kappa shape index (κ1) is 13.7. The van der Waals surface area contributed by atoms with Crippen molar-refractivity contribution in [3.05, 3.63) is 52.0 Å². The van der Waals surface area contributed by atoms with Gasteiger partial charge >= 0.3 is 0 Å². The molecule has 2 rings (SSSR count). The summed E-state index contributed by atoms with van der Waals surface area (Å²) in [4.78, 5) is 17.5. The fraction of sp³-hybridized carbons (Fsp3) is 0.333. The molecule has 0 aliphatic carbocycles. The maximum absolute atomic E-state index is 12.1. The largest absolute Gasteiger partial charge is 0.351 e. The monoisotopic (exact) mass is 274 g/mol. The van der Waals surface area contributed by atoms with Crippen LogP contribution in [0.5, 0.6) is 0 Å². The normalized spacial score (nSPS) is 11.3. The topological polar surface area (TPSA) is 42.0 Å². The van der Waals surface area contributed by atoms with Crippen LogP contribution in [0.3, 0.4) is 0 Å². The molecule has 0 atom stereocenters. The van der Waals surface area contributed by atoms with Crippen molar-refractivity contribution in [2.45, 2.75) is 26.2 Å². The van der Waals surface area contributed by atoms with E-state index in [2.05, 4.69) is 35.6 Å². The van der Waals surface area contributed by atoms with Gasteiger partial charge in [0.2, 0.25) is 0 Å². The fourth-order valence-corrected chi connectivity index (χ4v) is 2.72. The average molecular weight is 274 g/mol. The summed E-state index contributed by atoms with van der Waals surface area (Å²) in [6, 6.07) is 7.73. The Kier molecular flexibility index (Phi) is 4.00. The van der Waals surface area contributed by atoms with E-state index in [0.717, 1.165) is 5.69 Å². The second-order valence-corrected chi connectivity index (χ2v) is 6.13. The summed E-state index contributed by atoms with van der Waals surface area (Å²) in [5.41, 5.74) is 1.35. The third kappa shape index (κ3) is 3.20. The molecule has 0 bridgehead atoms. The lowest BCUT2D eigenvalue weighted by molar-refractivity contribution is 0.0945. The lowest BCUT2D eigenvalue weighted by atomic mass is 9.91. The number of hydrogen-bond acceptors (Lipinski definition) is 3. The maximum atomic E-state index is 12.1. The zero-order valence-corrected chi connectivity index (χ0v) is 12.3. The number of carbonyl (C=O) groups excluding carboxylic acids is 1. The van der Waals surface area contributed by atoms with Gasteiger partial charge in [0.1, 0.15) is 0 Å². The van der Waals surface area contributed by atoms with E-state index in [4.69, 9.17) is 0 Å². The summed E-state index contributed by atoms with van der Waals surface area (Å²) >= 11 is 1.72. The first-order valence-electron chi connectivity index (χ1n) is 6.24. The molecule has 0 unspecified atom stereocenters. The molecule has 0 fully saturated rings. The van der Waals surface area contributed by atoms with Crippen LogP contribution in [0, 0.1) is 6.92 Å². The van der Waals surface area contributed by atoms with E-state index in [1.54, 1.807) is 29.7 Å². The quantitative estimate of drug-likeness (QED) is 0.930. The van der Waals surface area contributed by atoms with Gasteiger partial charge in [-0.05, 0) is 30.5 Å². The minimum absolute atomic E-state index is 0.0556. The number of rotatable bonds is 4. The minimum Gasteiger partial charge on any atom is -0.351 e. The van der Waals surface area contributed by atoms with Crippen molar-refractivity contribution in [1.82, 2.24) is 10.3 Å². The summed E-state index contributed by atoms with van der Waals surface area (Å²) in [6.45, 7) is 6.73. The van der Waals surface area contributed by atoms with E-state index in [-0.39, 0.29) is 11.3 Å². The van der Waals surface area contributed by atoms with Gasteiger partial charge in [0.15, 0.2) is 0 Å². The lowest BCUT2D eigenvalue weighted by Gasteiger charge is -2.23. The summed E-state index contributed by atoms with van der Waals surface area (Å²) in [5, 5.41) is 5.06. The first-order chi connectivity index (χ1) is 9.00. The van der Waals surface area contributed by atoms with E-state index >= 15 is 0 Å². The molecular weight excluding hydrogens is 256 g/mol. The first-order valence-corrected chi connectivity index (χ1v) is 7.12. The second kappa shape index (κ2) is 5.53. The SMILES string of the molecule is Cc1ncccc1C(=O)NCC(C)(C)c1cccs1. The predicted molar refractivity (Wildman–Crippen MR) is 78.7 cm³/mol. The number of aromatic nitrogens is 1. The molecule has 100 valence electrons. The number of pyridine rings is 1. The summed E-state index contributed by atoms with van der Waals surface area (Å²) in [7, 11) is 0. The molecule has 0 radical (unpaired) electrons. The van der Waals surface area contributed by atoms with Gasteiger partial charge in [-0.25, -0.2) is 0 Å². The highest BCUT2D eigenvalue weighted by molar-refractivity contribution is 7.10. The predicted octanol–water partition coefficient (Wildman–Crippen LogP) is 3.16. The Morgan fingerprint density at radius 1 is 1.37 bits per heavy atom. The molecule has 0 saturated carbocycles. The van der Waals surface area contributed by atoms with Crippen LogP contribution in [0.2, 0.25) is 0 Å². The van der Waals surface area contributed by atoms with E-state index in [0.29, 0.717) is 12.1 Å². The summed E-state index contributed by atoms with van der Waals surface area (Å²) < 4.78 is 0. The van der Waals surface area contributed by atoms with E-state index in [1.807, 2.05) is 13.0 Å². The molecule has 4 heteroatoms. The Labute approximate surface area is 117 Å². The molecule has 0 aromatic carbocycles. The number of carbonyl (C=O) groups is 1. The lowest BCUT2D eigenvalue weighted by Crippen LogP contribution is -2.36. The van der Waals surface area contributed by atoms with E-state index < -0.39 is 0 Å². The van der Waals surface area contributed by atoms with Crippen molar-refractivity contribution in [2.75, 3.05) is 6.54 Å². The Bertz CT molecular complexity index is 561. The zero-order chi connectivity index (χ0) is 13.9. The molecule has 0 aliphatic rings. The van der Waals surface area contributed by atoms with Crippen molar-refractivity contribution in [1.29, 1.82) is 0 Å². The Balaban J connectivity index is 2.03. The third-order valence-electron chi connectivity index (χ3n) is 3.13. The van der Waals surface area contributed by atoms with Crippen molar-refractivity contribution in [3.8, 4) is 0 Å². The number of hydrogen-bond donors (Lipinski definition) is 1. The number of thiophene rings is 1. The molecule has 0 aliphatic heterocycles. The van der Waals surface area contributed by atoms with Gasteiger partial charge < -0.3 is 5.32 Å². The second-order valence-electron chi connectivity index (χ2n) is 5.18. The van der Waals surface area contributed by atoms with Crippen molar-refractivity contribution in [3.63, 3.8) is 0 Å². The van der Waals surface area contributed by atoms with Crippen LogP contribution in [0.4, 0.5) is 0 Å². The van der Waals surface area contributed by atoms with Crippen LogP contribution in [0.15, 0.2) is 35.8 Å². The Morgan fingerprint density at radius 3 is 2.79 bits per heavy atom. The smallest absolute Gasteiger partial charge is 0.253 e. The van der Waals surface area contributed by atoms with Crippen molar-refractivity contribution in [2.24, 2.45) is 0 Å². The molecule has 19 heavy (non-hydrogen) atoms. The van der Waals surface area contributed by atoms with Crippen LogP contribution < -0.4 is 5.32 Å². The van der Waals surface area contributed by atoms with Gasteiger partial charge in [0, 0.05) is 28.7 Å². The highest BCUT2D eigenvalue weighted by Gasteiger charge is 2.23. The van der Waals surface area contributed by atoms with Gasteiger partial charge in [-0.1, -0.05) is 19.9 Å². The maximum Gasteiger partial charge on any atom is 0.253 e. The highest BCUT2D eigenvalue weighted by Crippen LogP contribution is 2.26. The fourth-order valence-electron chi connectivity index (χ4n) is 1.87. The highest BCUT2D eigenvalue weighted by atomic mass is 32.1. The van der Waals surface area contributed by atoms with Gasteiger partial charge in [-0.15, -0.1) is 11.3 Å². The van der Waals surface area contributed by atoms with Crippen LogP contribution in [0.1, 0.15) is 34.8 Å². The van der Waals surface area contributed by atoms with Crippen molar-refractivity contribution >= 4 is 17.2 Å². The zero-order valence-electron chi connectivity index (χ0n) is 11.4. The number of amides is 1. The molecule has 3 nitrogen and oxygen atoms in total. The number of aryl methyl sites for hydroxylation is 1. The van der Waals surface area contributed by atoms with Crippen LogP contribution >= 0.6 is 11.3 Å². The van der Waals surface area contributed by atoms with Gasteiger partial charge in [-0.2, -0.15) is 0 Å². The van der Waals surface area contributed by atoms with Gasteiger partial charge in [-0.3, -0.25) is 9.78 Å². The van der Waals surface area contributed by atoms with E-state index in [9.17, 15) is 4.79 Å². The van der Waals surface area contributed by atoms with Crippen LogP contribution in [-0.2, 0) is 5.41 Å². The summed E-state index contributed by atoms with van der Waals surface area (Å²) in [6.07, 6.45) is 1.70. The standard InChI is InChI=1S/C15H18N2OS/c1-11-12(6-4-8-16-11)14(18)17-10-15(2,3)13-7-5-9-19-13/h4-9H,10H2,1-3H3,(H,17,18). The molecule has 0 spiro atoms. The minimum atomic E-state index is -0.0600. The molecule has 2 aromatic heterocycles. The number of nitrogens with one attached hydrogen (secondary N) is 1. The molecule has 1 amide bonds. The number of nitrogens with zero attached hydrogens (tertiary/aromatic N) is 1. The average Bonchev–Trinajstić information content (AvgIpc) is 2.91. The summed E-state index contributed by atoms with van der Waals surface area (Å²) in [5.74, 6) is -0.0600. The Morgan fingerprint density at radius 2 is 2.16 bits per heavy atom. The van der Waals surface area contributed by atoms with Crippen LogP contribution in [0.25, 0.3) is 0 Å². The third-order valence-corrected chi connectivity index (χ3v) is 4.37. The molecule has 1 N–H and O–H groups in total. The van der Waals surface area contributed by atoms with Crippen molar-refractivity contribution < 1.29 is 4.79 Å². The van der Waals surface area contributed by atoms with E-state index in [1.165, 1.54) is 4.88 Å². The molecular formula is C15H18N2OS. The molecule has 2 aromatic rings.